The highest BCUT2D eigenvalue weighted by molar-refractivity contribution is 5.85. The van der Waals surface area contributed by atoms with Crippen LogP contribution in [0.15, 0.2) is 30.5 Å². The van der Waals surface area contributed by atoms with Crippen molar-refractivity contribution in [1.29, 1.82) is 0 Å². The molecule has 3 fully saturated rings. The molecule has 4 heterocycles. The molecule has 5 rings (SSSR count). The Kier molecular flexibility index (Phi) is 4.27. The van der Waals surface area contributed by atoms with E-state index in [0.29, 0.717) is 12.6 Å². The van der Waals surface area contributed by atoms with Crippen molar-refractivity contribution in [2.45, 2.75) is 44.2 Å². The average molecular weight is 314 g/mol. The van der Waals surface area contributed by atoms with Gasteiger partial charge in [0.25, 0.3) is 0 Å². The molecule has 3 saturated heterocycles. The Labute approximate surface area is 137 Å². The summed E-state index contributed by atoms with van der Waals surface area (Å²) < 4.78 is 5.90. The van der Waals surface area contributed by atoms with Crippen LogP contribution in [0.4, 0.5) is 0 Å². The van der Waals surface area contributed by atoms with Gasteiger partial charge in [0, 0.05) is 23.1 Å². The Hall–Kier alpha value is -1.52. The summed E-state index contributed by atoms with van der Waals surface area (Å²) in [5.74, 6) is 1.78. The lowest BCUT2D eigenvalue weighted by molar-refractivity contribution is 0.0620. The van der Waals surface area contributed by atoms with E-state index in [9.17, 15) is 5.11 Å². The fourth-order valence-electron chi connectivity index (χ4n) is 4.23. The third kappa shape index (κ3) is 3.24. The summed E-state index contributed by atoms with van der Waals surface area (Å²) in [5.41, 5.74) is 1.07. The molecule has 0 aliphatic carbocycles. The van der Waals surface area contributed by atoms with Crippen LogP contribution in [-0.2, 0) is 0 Å². The maximum absolute atomic E-state index is 10.4. The molecule has 1 aromatic carbocycles. The molecule has 0 amide bonds. The highest BCUT2D eigenvalue weighted by atomic mass is 16.5. The predicted molar refractivity (Wildman–Crippen MR) is 91.7 cm³/mol. The van der Waals surface area contributed by atoms with Crippen LogP contribution in [0.25, 0.3) is 10.9 Å². The first-order valence-corrected chi connectivity index (χ1v) is 8.90. The number of aliphatic hydroxyl groups is 1. The zero-order chi connectivity index (χ0) is 15.6. The molecule has 3 aliphatic rings. The molecule has 124 valence electrons. The van der Waals surface area contributed by atoms with E-state index in [1.807, 2.05) is 30.5 Å². The Morgan fingerprint density at radius 2 is 2.04 bits per heavy atom. The number of benzene rings is 1. The number of ether oxygens (including phenoxy) is 1. The van der Waals surface area contributed by atoms with E-state index in [0.717, 1.165) is 29.0 Å². The lowest BCUT2D eigenvalue weighted by atomic mass is 9.95. The third-order valence-electron chi connectivity index (χ3n) is 5.60. The Morgan fingerprint density at radius 3 is 2.91 bits per heavy atom. The average Bonchev–Trinajstić information content (AvgIpc) is 2.90. The van der Waals surface area contributed by atoms with E-state index >= 15 is 0 Å². The smallest absolute Gasteiger partial charge is 0.128 e. The fraction of sp³-hybridized carbons (Fsp3) is 0.579. The fourth-order valence-corrected chi connectivity index (χ4v) is 4.23. The number of nitrogens with one attached hydrogen (secondary N) is 1. The van der Waals surface area contributed by atoms with Crippen LogP contribution in [0.1, 0.15) is 32.1 Å². The van der Waals surface area contributed by atoms with Crippen molar-refractivity contribution < 1.29 is 9.84 Å². The number of fused-ring (bicyclic) bond motifs is 5. The summed E-state index contributed by atoms with van der Waals surface area (Å²) in [6, 6.07) is 8.54. The number of piperidine rings is 1. The van der Waals surface area contributed by atoms with Gasteiger partial charge in [-0.15, -0.1) is 0 Å². The van der Waals surface area contributed by atoms with Crippen molar-refractivity contribution in [1.82, 2.24) is 9.88 Å². The van der Waals surface area contributed by atoms with Gasteiger partial charge in [0.2, 0.25) is 0 Å². The van der Waals surface area contributed by atoms with Crippen LogP contribution in [0, 0.1) is 5.92 Å². The lowest BCUT2D eigenvalue weighted by Crippen LogP contribution is -2.40. The number of aromatic amines is 1. The molecule has 1 aromatic heterocycles. The van der Waals surface area contributed by atoms with Crippen molar-refractivity contribution in [2.75, 3.05) is 19.7 Å². The van der Waals surface area contributed by atoms with Gasteiger partial charge in [-0.1, -0.05) is 6.07 Å². The highest BCUT2D eigenvalue weighted by Crippen LogP contribution is 2.32. The van der Waals surface area contributed by atoms with Crippen LogP contribution in [0.2, 0.25) is 0 Å². The van der Waals surface area contributed by atoms with E-state index in [1.165, 1.54) is 38.8 Å². The second-order valence-corrected chi connectivity index (χ2v) is 7.11. The summed E-state index contributed by atoms with van der Waals surface area (Å²) >= 11 is 0. The van der Waals surface area contributed by atoms with Gasteiger partial charge in [-0.2, -0.15) is 0 Å². The molecular weight excluding hydrogens is 288 g/mol. The molecule has 4 heteroatoms. The van der Waals surface area contributed by atoms with E-state index in [2.05, 4.69) is 9.88 Å². The zero-order valence-electron chi connectivity index (χ0n) is 13.6. The Bertz CT molecular complexity index is 646. The largest absolute Gasteiger partial charge is 0.490 e. The number of rotatable bonds is 5. The summed E-state index contributed by atoms with van der Waals surface area (Å²) in [6.07, 6.45) is 7.61. The quantitative estimate of drug-likeness (QED) is 0.891. The Balaban J connectivity index is 1.35. The molecule has 2 atom stereocenters. The van der Waals surface area contributed by atoms with Crippen molar-refractivity contribution in [3.8, 4) is 5.75 Å². The van der Waals surface area contributed by atoms with Crippen LogP contribution < -0.4 is 4.74 Å². The number of hydrogen-bond donors (Lipinski definition) is 2. The SMILES string of the molecule is OC(COc1cccc2[nH]ccc12)CC1CCC2CCN1CC2. The molecule has 4 nitrogen and oxygen atoms in total. The molecule has 0 saturated carbocycles. The number of nitrogens with zero attached hydrogens (tertiary/aromatic N) is 1. The van der Waals surface area contributed by atoms with Gasteiger partial charge in [0.15, 0.2) is 0 Å². The maximum atomic E-state index is 10.4. The standard InChI is InChI=1S/C19H26N2O2/c22-16(12-15-5-4-14-7-10-21(15)11-8-14)13-23-19-3-1-2-18-17(19)6-9-20-18/h1-3,6,9,14-16,20,22H,4-5,7-8,10-13H2. The molecule has 23 heavy (non-hydrogen) atoms. The van der Waals surface area contributed by atoms with Crippen LogP contribution in [0.3, 0.4) is 0 Å². The summed E-state index contributed by atoms with van der Waals surface area (Å²) in [4.78, 5) is 5.77. The minimum Gasteiger partial charge on any atom is -0.490 e. The summed E-state index contributed by atoms with van der Waals surface area (Å²) in [5, 5.41) is 11.5. The summed E-state index contributed by atoms with van der Waals surface area (Å²) in [7, 11) is 0. The number of hydrogen-bond acceptors (Lipinski definition) is 3. The second kappa shape index (κ2) is 6.54. The zero-order valence-corrected chi connectivity index (χ0v) is 13.6. The van der Waals surface area contributed by atoms with Crippen LogP contribution in [0.5, 0.6) is 5.75 Å². The monoisotopic (exact) mass is 314 g/mol. The molecule has 2 N–H and O–H groups in total. The van der Waals surface area contributed by atoms with E-state index in [1.54, 1.807) is 0 Å². The predicted octanol–water partition coefficient (Wildman–Crippen LogP) is 3.17. The molecule has 2 unspecified atom stereocenters. The van der Waals surface area contributed by atoms with Crippen LogP contribution >= 0.6 is 0 Å². The molecule has 0 radical (unpaired) electrons. The normalized spacial score (nSPS) is 28.7. The highest BCUT2D eigenvalue weighted by Gasteiger charge is 2.31. The molecular formula is C19H26N2O2. The first-order valence-electron chi connectivity index (χ1n) is 8.90. The van der Waals surface area contributed by atoms with Gasteiger partial charge in [-0.05, 0) is 69.3 Å². The molecule has 3 aliphatic heterocycles. The number of aliphatic hydroxyl groups excluding tert-OH is 1. The van der Waals surface area contributed by atoms with Crippen molar-refractivity contribution in [2.24, 2.45) is 5.92 Å². The van der Waals surface area contributed by atoms with Crippen molar-refractivity contribution >= 4 is 10.9 Å². The summed E-state index contributed by atoms with van der Waals surface area (Å²) in [6.45, 7) is 2.80. The first kappa shape index (κ1) is 15.0. The van der Waals surface area contributed by atoms with Gasteiger partial charge in [0.05, 0.1) is 6.10 Å². The minimum absolute atomic E-state index is 0.373. The van der Waals surface area contributed by atoms with Crippen molar-refractivity contribution in [3.05, 3.63) is 30.5 Å². The van der Waals surface area contributed by atoms with Gasteiger partial charge >= 0.3 is 0 Å². The lowest BCUT2D eigenvalue weighted by Gasteiger charge is -2.33. The van der Waals surface area contributed by atoms with E-state index < -0.39 is 6.10 Å². The van der Waals surface area contributed by atoms with E-state index in [4.69, 9.17) is 4.74 Å². The topological polar surface area (TPSA) is 48.5 Å². The van der Waals surface area contributed by atoms with Gasteiger partial charge in [0.1, 0.15) is 12.4 Å². The molecule has 0 spiro atoms. The number of H-pyrrole nitrogens is 1. The van der Waals surface area contributed by atoms with E-state index in [-0.39, 0.29) is 0 Å². The maximum Gasteiger partial charge on any atom is 0.128 e. The number of aromatic nitrogens is 1. The van der Waals surface area contributed by atoms with Gasteiger partial charge < -0.3 is 19.7 Å². The van der Waals surface area contributed by atoms with Crippen LogP contribution in [-0.4, -0.2) is 46.8 Å². The molecule has 2 aromatic rings. The van der Waals surface area contributed by atoms with Gasteiger partial charge in [-0.25, -0.2) is 0 Å². The second-order valence-electron chi connectivity index (χ2n) is 7.11. The van der Waals surface area contributed by atoms with Crippen molar-refractivity contribution in [3.63, 3.8) is 0 Å². The third-order valence-corrected chi connectivity index (χ3v) is 5.60. The molecule has 2 bridgehead atoms. The Morgan fingerprint density at radius 1 is 1.17 bits per heavy atom. The minimum atomic E-state index is -0.397. The first-order chi connectivity index (χ1) is 11.3. The van der Waals surface area contributed by atoms with Gasteiger partial charge in [-0.3, -0.25) is 0 Å².